The maximum absolute atomic E-state index is 12.3. The van der Waals surface area contributed by atoms with Crippen LogP contribution in [0.1, 0.15) is 46.5 Å². The highest BCUT2D eigenvalue weighted by Crippen LogP contribution is 2.54. The Bertz CT molecular complexity index is 360. The quantitative estimate of drug-likeness (QED) is 0.761. The van der Waals surface area contributed by atoms with Crippen molar-refractivity contribution in [3.8, 4) is 0 Å². The van der Waals surface area contributed by atoms with Crippen LogP contribution in [0.15, 0.2) is 12.7 Å². The summed E-state index contributed by atoms with van der Waals surface area (Å²) in [4.78, 5) is 12.3. The predicted molar refractivity (Wildman–Crippen MR) is 89.3 cm³/mol. The first-order valence-corrected chi connectivity index (χ1v) is 9.79. The number of rotatable bonds is 6. The summed E-state index contributed by atoms with van der Waals surface area (Å²) in [7, 11) is -1.12. The van der Waals surface area contributed by atoms with Crippen LogP contribution in [0.2, 0.25) is 0 Å². The fraction of sp³-hybridized carbons (Fsp3) is 0.812. The molecule has 0 radical (unpaired) electrons. The Morgan fingerprint density at radius 3 is 2.60 bits per heavy atom. The maximum Gasteiger partial charge on any atom is 0.226 e. The van der Waals surface area contributed by atoms with Crippen molar-refractivity contribution in [3.05, 3.63) is 12.7 Å². The van der Waals surface area contributed by atoms with E-state index in [9.17, 15) is 4.79 Å². The lowest BCUT2D eigenvalue weighted by Crippen LogP contribution is -2.46. The van der Waals surface area contributed by atoms with Gasteiger partial charge in [0, 0.05) is 11.3 Å². The zero-order valence-electron chi connectivity index (χ0n) is 13.8. The molecule has 1 saturated heterocycles. The highest BCUT2D eigenvalue weighted by Gasteiger charge is 2.39. The van der Waals surface area contributed by atoms with Crippen LogP contribution in [0.4, 0.5) is 0 Å². The normalized spacial score (nSPS) is 25.1. The van der Waals surface area contributed by atoms with Gasteiger partial charge in [0.25, 0.3) is 0 Å². The second-order valence-electron chi connectivity index (χ2n) is 7.05. The van der Waals surface area contributed by atoms with Gasteiger partial charge in [0.15, 0.2) is 0 Å². The van der Waals surface area contributed by atoms with E-state index >= 15 is 0 Å². The minimum atomic E-state index is -1.12. The van der Waals surface area contributed by atoms with Gasteiger partial charge in [-0.15, -0.1) is 16.9 Å². The molecule has 20 heavy (non-hydrogen) atoms. The van der Waals surface area contributed by atoms with E-state index in [4.69, 9.17) is 4.18 Å². The predicted octanol–water partition coefficient (Wildman–Crippen LogP) is 3.64. The van der Waals surface area contributed by atoms with Gasteiger partial charge in [-0.3, -0.25) is 4.79 Å². The number of hydrogen-bond acceptors (Lipinski definition) is 2. The summed E-state index contributed by atoms with van der Waals surface area (Å²) in [5, 5.41) is 3.00. The lowest BCUT2D eigenvalue weighted by Gasteiger charge is -2.44. The van der Waals surface area contributed by atoms with E-state index in [1.165, 1.54) is 0 Å². The molecule has 118 valence electrons. The zero-order chi connectivity index (χ0) is 15.4. The number of carbonyl (C=O) groups is 1. The number of nitrogens with one attached hydrogen (secondary N) is 1. The second-order valence-corrected chi connectivity index (χ2v) is 11.0. The zero-order valence-corrected chi connectivity index (χ0v) is 14.6. The van der Waals surface area contributed by atoms with Crippen molar-refractivity contribution < 1.29 is 8.98 Å². The summed E-state index contributed by atoms with van der Waals surface area (Å²) in [5.41, 5.74) is -0.298. The SMILES string of the molecule is C=CC[C@]1(CCOS(C)(C)C(C)(C)C)CCCNC1=O. The lowest BCUT2D eigenvalue weighted by molar-refractivity contribution is -0.134. The van der Waals surface area contributed by atoms with E-state index in [1.54, 1.807) is 0 Å². The number of allylic oxidation sites excluding steroid dienone is 1. The number of carbonyl (C=O) groups excluding carboxylic acids is 1. The largest absolute Gasteiger partial charge is 0.356 e. The van der Waals surface area contributed by atoms with Crippen LogP contribution in [0.3, 0.4) is 0 Å². The first-order chi connectivity index (χ1) is 9.15. The monoisotopic (exact) mass is 301 g/mol. The Morgan fingerprint density at radius 1 is 1.45 bits per heavy atom. The topological polar surface area (TPSA) is 38.3 Å². The molecule has 0 aromatic rings. The van der Waals surface area contributed by atoms with E-state index in [-0.39, 0.29) is 16.1 Å². The summed E-state index contributed by atoms with van der Waals surface area (Å²) in [6.07, 6.45) is 9.80. The summed E-state index contributed by atoms with van der Waals surface area (Å²) in [6.45, 7) is 11.9. The number of amides is 1. The minimum absolute atomic E-state index is 0.160. The Hall–Kier alpha value is -0.480. The summed E-state index contributed by atoms with van der Waals surface area (Å²) >= 11 is 0. The molecule has 1 aliphatic heterocycles. The molecule has 1 aliphatic rings. The maximum atomic E-state index is 12.3. The van der Waals surface area contributed by atoms with Gasteiger partial charge in [0.05, 0.1) is 12.0 Å². The first-order valence-electron chi connectivity index (χ1n) is 7.41. The van der Waals surface area contributed by atoms with Crippen LogP contribution < -0.4 is 5.32 Å². The third kappa shape index (κ3) is 4.01. The van der Waals surface area contributed by atoms with Crippen LogP contribution in [-0.2, 0) is 8.98 Å². The van der Waals surface area contributed by atoms with Crippen LogP contribution in [0.25, 0.3) is 0 Å². The van der Waals surface area contributed by atoms with Gasteiger partial charge >= 0.3 is 0 Å². The molecular weight excluding hydrogens is 270 g/mol. The van der Waals surface area contributed by atoms with Crippen LogP contribution in [0, 0.1) is 5.41 Å². The van der Waals surface area contributed by atoms with Gasteiger partial charge in [-0.1, -0.05) is 26.8 Å². The van der Waals surface area contributed by atoms with Crippen LogP contribution in [0.5, 0.6) is 0 Å². The molecule has 1 rings (SSSR count). The first kappa shape index (κ1) is 17.6. The number of piperidine rings is 1. The van der Waals surface area contributed by atoms with Crippen molar-refractivity contribution in [1.29, 1.82) is 0 Å². The molecule has 0 saturated carbocycles. The molecular formula is C16H31NO2S. The molecule has 0 bridgehead atoms. The minimum Gasteiger partial charge on any atom is -0.356 e. The molecule has 0 aliphatic carbocycles. The van der Waals surface area contributed by atoms with Crippen molar-refractivity contribution in [2.45, 2.75) is 51.2 Å². The summed E-state index contributed by atoms with van der Waals surface area (Å²) in [5.74, 6) is 0.177. The van der Waals surface area contributed by atoms with Crippen molar-refractivity contribution in [3.63, 3.8) is 0 Å². The molecule has 1 atom stereocenters. The van der Waals surface area contributed by atoms with Crippen LogP contribution in [-0.4, -0.2) is 36.3 Å². The van der Waals surface area contributed by atoms with Crippen molar-refractivity contribution in [1.82, 2.24) is 5.32 Å². The molecule has 1 amide bonds. The molecule has 4 heteroatoms. The standard InChI is InChI=1S/C16H31NO2S/c1-7-9-16(10-8-12-17-14(16)18)11-13-19-20(5,6)15(2,3)4/h7H,1,8-13H2,2-6H3,(H,17,18)/t16-/m1/s1. The van der Waals surface area contributed by atoms with Crippen molar-refractivity contribution in [2.24, 2.45) is 5.41 Å². The molecule has 1 N–H and O–H groups in total. The molecule has 0 unspecified atom stereocenters. The van der Waals surface area contributed by atoms with E-state index in [0.29, 0.717) is 6.61 Å². The van der Waals surface area contributed by atoms with Crippen LogP contribution >= 0.6 is 10.3 Å². The average molecular weight is 301 g/mol. The third-order valence-electron chi connectivity index (χ3n) is 4.57. The van der Waals surface area contributed by atoms with E-state index in [1.807, 2.05) is 6.08 Å². The van der Waals surface area contributed by atoms with E-state index in [0.717, 1.165) is 32.2 Å². The Labute approximate surface area is 126 Å². The summed E-state index contributed by atoms with van der Waals surface area (Å²) < 4.78 is 6.35. The van der Waals surface area contributed by atoms with Gasteiger partial charge in [-0.25, -0.2) is 0 Å². The van der Waals surface area contributed by atoms with Gasteiger partial charge in [0.1, 0.15) is 0 Å². The summed E-state index contributed by atoms with van der Waals surface area (Å²) in [6, 6.07) is 0. The highest BCUT2D eigenvalue weighted by atomic mass is 32.3. The van der Waals surface area contributed by atoms with Crippen molar-refractivity contribution >= 4 is 16.2 Å². The van der Waals surface area contributed by atoms with Gasteiger partial charge in [-0.2, -0.15) is 0 Å². The van der Waals surface area contributed by atoms with Gasteiger partial charge in [-0.05, 0) is 38.2 Å². The molecule has 0 spiro atoms. The fourth-order valence-electron chi connectivity index (χ4n) is 2.36. The highest BCUT2D eigenvalue weighted by molar-refractivity contribution is 8.29. The Morgan fingerprint density at radius 2 is 2.10 bits per heavy atom. The lowest BCUT2D eigenvalue weighted by atomic mass is 9.74. The van der Waals surface area contributed by atoms with E-state index < -0.39 is 10.3 Å². The smallest absolute Gasteiger partial charge is 0.226 e. The number of hydrogen-bond donors (Lipinski definition) is 1. The van der Waals surface area contributed by atoms with Crippen molar-refractivity contribution in [2.75, 3.05) is 25.7 Å². The molecule has 0 aromatic carbocycles. The fourth-order valence-corrected chi connectivity index (χ4v) is 3.22. The Kier molecular flexibility index (Phi) is 5.73. The van der Waals surface area contributed by atoms with Gasteiger partial charge in [0.2, 0.25) is 5.91 Å². The molecule has 0 aromatic heterocycles. The molecule has 1 heterocycles. The molecule has 3 nitrogen and oxygen atoms in total. The third-order valence-corrected chi connectivity index (χ3v) is 8.27. The Balaban J connectivity index is 2.65. The average Bonchev–Trinajstić information content (AvgIpc) is 2.31. The second kappa shape index (κ2) is 6.52. The molecule has 1 fully saturated rings. The van der Waals surface area contributed by atoms with E-state index in [2.05, 4.69) is 45.2 Å². The van der Waals surface area contributed by atoms with Gasteiger partial charge < -0.3 is 9.50 Å².